The number of aromatic nitrogens is 1. The summed E-state index contributed by atoms with van der Waals surface area (Å²) in [7, 11) is 7.18. The van der Waals surface area contributed by atoms with Crippen LogP contribution in [0.4, 0.5) is 15.3 Å². The number of fused-ring (bicyclic) bond motifs is 2. The first-order valence-electron chi connectivity index (χ1n) is 38.2. The molecule has 40 heteroatoms. The molecule has 9 rings (SSSR count). The second kappa shape index (κ2) is 41.5. The van der Waals surface area contributed by atoms with Crippen LogP contribution in [0, 0.1) is 5.41 Å². The number of aliphatic carboxylic acids is 5. The Morgan fingerprint density at radius 1 is 0.706 bits per heavy atom. The molecule has 13 atom stereocenters. The highest BCUT2D eigenvalue weighted by Gasteiger charge is 2.78. The first-order chi connectivity index (χ1) is 56.8. The molecule has 21 N–H and O–H groups in total. The summed E-state index contributed by atoms with van der Waals surface area (Å²) < 4.78 is 11.4. The van der Waals surface area contributed by atoms with Gasteiger partial charge in [-0.2, -0.15) is 0 Å². The van der Waals surface area contributed by atoms with Gasteiger partial charge in [-0.25, -0.2) is 29.4 Å². The summed E-state index contributed by atoms with van der Waals surface area (Å²) >= 11 is 0. The summed E-state index contributed by atoms with van der Waals surface area (Å²) in [4.78, 5) is 189. The van der Waals surface area contributed by atoms with Gasteiger partial charge >= 0.3 is 42.0 Å². The Kier molecular flexibility index (Phi) is 31.8. The van der Waals surface area contributed by atoms with Crippen LogP contribution >= 0.6 is 21.6 Å². The van der Waals surface area contributed by atoms with E-state index in [1.54, 1.807) is 74.8 Å². The van der Waals surface area contributed by atoms with E-state index in [-0.39, 0.29) is 37.0 Å². The second-order valence-electron chi connectivity index (χ2n) is 29.1. The summed E-state index contributed by atoms with van der Waals surface area (Å²) in [5.41, 5.74) is 12.8. The van der Waals surface area contributed by atoms with E-state index in [0.717, 1.165) is 74.6 Å². The third-order valence-electron chi connectivity index (χ3n) is 21.6. The molecule has 1 saturated heterocycles. The minimum Gasteiger partial charge on any atom is -0.496 e. The number of ether oxygens (including phenoxy) is 2. The average molecular weight is 1690 g/mol. The number of carbonyl (C=O) groups is 14. The zero-order chi connectivity index (χ0) is 86.5. The number of H-pyrrole nitrogens is 1. The smallest absolute Gasteiger partial charge is 0.426 e. The number of carboxylic acid groups (broad SMARTS) is 5. The lowest BCUT2D eigenvalue weighted by Gasteiger charge is -2.63. The number of aromatic amines is 1. The molecule has 2 fully saturated rings. The van der Waals surface area contributed by atoms with Crippen LogP contribution in [0.3, 0.4) is 0 Å². The Balaban J connectivity index is 0.758. The van der Waals surface area contributed by atoms with Crippen molar-refractivity contribution in [2.75, 3.05) is 70.4 Å². The number of aliphatic hydroxyl groups is 2. The van der Waals surface area contributed by atoms with Crippen molar-refractivity contribution >= 4 is 121 Å². The molecule has 119 heavy (non-hydrogen) atoms. The van der Waals surface area contributed by atoms with Crippen LogP contribution < -0.4 is 74.1 Å². The molecule has 38 nitrogen and oxygen atoms in total. The third kappa shape index (κ3) is 22.1. The van der Waals surface area contributed by atoms with Gasteiger partial charge in [0.2, 0.25) is 35.4 Å². The van der Waals surface area contributed by atoms with E-state index in [0.29, 0.717) is 54.9 Å². The Hall–Kier alpha value is -11.8. The number of benzene rings is 4. The molecule has 1 saturated carbocycles. The molecule has 1 unspecified atom stereocenters. The molecule has 1 spiro atoms. The molecule has 640 valence electrons. The van der Waals surface area contributed by atoms with Crippen LogP contribution in [0.25, 0.3) is 10.9 Å². The molecule has 4 aliphatic rings. The molecule has 4 heterocycles. The van der Waals surface area contributed by atoms with Gasteiger partial charge in [-0.15, -0.1) is 0 Å². The van der Waals surface area contributed by atoms with Crippen molar-refractivity contribution in [3.05, 3.63) is 155 Å². The fourth-order valence-corrected chi connectivity index (χ4v) is 18.0. The molecule has 0 bridgehead atoms. The van der Waals surface area contributed by atoms with Crippen LogP contribution in [0.15, 0.2) is 121 Å². The number of nitrogens with one attached hydrogen (secondary N) is 12. The zero-order valence-electron chi connectivity index (χ0n) is 65.5. The number of carbonyl (C=O) groups excluding carboxylic acids is 9. The van der Waals surface area contributed by atoms with Crippen LogP contribution in [-0.2, 0) is 93.4 Å². The monoisotopic (exact) mass is 1690 g/mol. The topological polar surface area (TPSA) is 580 Å². The average Bonchev–Trinajstić information content (AvgIpc) is 1.49. The van der Waals surface area contributed by atoms with Crippen molar-refractivity contribution in [3.63, 3.8) is 0 Å². The molecular weight excluding hydrogens is 1590 g/mol. The number of aliphatic hydroxyl groups excluding tert-OH is 1. The Morgan fingerprint density at radius 2 is 1.32 bits per heavy atom. The van der Waals surface area contributed by atoms with Gasteiger partial charge in [0.05, 0.1) is 19.6 Å². The van der Waals surface area contributed by atoms with Gasteiger partial charge in [0.15, 0.2) is 5.60 Å². The summed E-state index contributed by atoms with van der Waals surface area (Å²) in [6, 6.07) is 14.5. The number of hydrazine groups is 1. The third-order valence-corrected chi connectivity index (χ3v) is 24.0. The van der Waals surface area contributed by atoms with Gasteiger partial charge in [0, 0.05) is 127 Å². The number of urea groups is 1. The summed E-state index contributed by atoms with van der Waals surface area (Å²) in [5.74, 6) is -14.6. The van der Waals surface area contributed by atoms with Gasteiger partial charge in [-0.05, 0) is 86.6 Å². The number of rotatable bonds is 43. The minimum absolute atomic E-state index is 0.0116. The maximum absolute atomic E-state index is 14.9. The highest BCUT2D eigenvalue weighted by molar-refractivity contribution is 8.76. The molecule has 0 radical (unpaired) electrons. The van der Waals surface area contributed by atoms with Crippen molar-refractivity contribution < 1.29 is 112 Å². The van der Waals surface area contributed by atoms with Crippen molar-refractivity contribution in [3.8, 4) is 5.75 Å². The van der Waals surface area contributed by atoms with Gasteiger partial charge in [0.1, 0.15) is 60.8 Å². The van der Waals surface area contributed by atoms with E-state index in [2.05, 4.69) is 70.1 Å². The zero-order valence-corrected chi connectivity index (χ0v) is 67.1. The lowest BCUT2D eigenvalue weighted by Crippen LogP contribution is -2.82. The summed E-state index contributed by atoms with van der Waals surface area (Å²) in [5, 5.41) is 96.4. The Morgan fingerprint density at radius 3 is 1.94 bits per heavy atom. The highest BCUT2D eigenvalue weighted by atomic mass is 33.1. The van der Waals surface area contributed by atoms with Crippen LogP contribution in [0.5, 0.6) is 5.75 Å². The molecule has 1 aromatic heterocycles. The number of hydrogen-bond donors (Lipinski definition) is 20. The van der Waals surface area contributed by atoms with Crippen molar-refractivity contribution in [1.82, 2.24) is 68.6 Å². The lowest BCUT2D eigenvalue weighted by molar-refractivity contribution is -0.204. The molecular formula is C79H99N15O23S2. The number of anilines is 1. The van der Waals surface area contributed by atoms with E-state index < -0.39 is 193 Å². The fraction of sp³-hybridized carbons (Fsp3) is 0.443. The standard InChI is InChI=1S/C79H99N15O23S2/c1-5-77-27-14-31-94-32-28-78(71(77)94)48-37-45(38-53-47(25-29-81-2)46-19-12-13-20-50(46)84-53)59(116-4)40-58(48)93(3)72(78)79(115,73(77)111)74(112)91-92-76(114)117-33-34-118-119-42-57(70(109)110)88-67(104)56(39-63(99)100)86-64(101)49(80)41-83-65(102)54(35-43-15-8-6-9-16-43)87-66(103)55(36-44-17-10-7-11-18-44)85-61(96)26-30-82-60(95)23-21-51(68(105)106)89-75(113)90-52(69(107)108)22-24-62(97)98/h6-20,26-27,30,37,40,49,51-52,54-57,71-73,81,84,111,115H,5,21-25,28-29,31-36,38-39,41-42,80H2,1-4H3,(H,82,95)(H,83,102)(H,85,96)(H,86,101)(H,87,103)(H,88,104)(H,91,112)(H,92,114)(H,97,98)(H,99,100)(H,105,106)(H,107,108)(H,109,110)(H2,89,90,113)/b30-26+/t49-,51-,52-,54-,55-,56-,57-,71-,72?,73+,77+,78+,79-/m0/s1. The second-order valence-corrected chi connectivity index (χ2v) is 31.8. The predicted molar refractivity (Wildman–Crippen MR) is 433 cm³/mol. The van der Waals surface area contributed by atoms with Crippen LogP contribution in [0.1, 0.15) is 85.4 Å². The SMILES string of the molecule is CC[C@]12C=CCN3CC[C@@]4(c5cc(Cc6[nH]c7ccccc7c6CCNC)c(OC)cc5N(C)C4[C@@](O)(C(=O)NNC(=O)OCCSSC[C@H](NC(=O)[C@H](CC(=O)O)NC(=O)[C@@H](N)CNC(=O)[C@H](Cc4ccccc4)NC(=O)[C@H](Cc4ccccc4)NC(=O)/C=C/NC(=O)CC[C@H](NC(=O)N[C@@H](CCC(=O)O)C(=O)O)C(=O)O)C(=O)O)[C@@H]1O)[C@@H]32. The summed E-state index contributed by atoms with van der Waals surface area (Å²) in [6.45, 7) is 2.82. The highest BCUT2D eigenvalue weighted by Crippen LogP contribution is 2.67. The van der Waals surface area contributed by atoms with E-state index in [4.69, 9.17) is 20.3 Å². The quantitative estimate of drug-likeness (QED) is 0.00788. The first-order valence-corrected chi connectivity index (χ1v) is 40.7. The van der Waals surface area contributed by atoms with Crippen molar-refractivity contribution in [2.45, 2.75) is 149 Å². The van der Waals surface area contributed by atoms with E-state index >= 15 is 0 Å². The number of nitrogens with zero attached hydrogens (tertiary/aromatic N) is 2. The Bertz CT molecular complexity index is 4640. The fourth-order valence-electron chi connectivity index (χ4n) is 16.0. The number of nitrogens with two attached hydrogens (primary N) is 1. The number of hydrogen-bond acceptors (Lipinski definition) is 24. The number of para-hydroxylation sites is 1. The van der Waals surface area contributed by atoms with Crippen LogP contribution in [-0.4, -0.2) is 261 Å². The van der Waals surface area contributed by atoms with Gasteiger partial charge in [-0.3, -0.25) is 53.5 Å². The normalized spacial score (nSPS) is 20.5. The molecule has 3 aliphatic heterocycles. The Labute approximate surface area is 690 Å². The number of carboxylic acids is 5. The van der Waals surface area contributed by atoms with Crippen molar-refractivity contribution in [1.29, 1.82) is 0 Å². The van der Waals surface area contributed by atoms with E-state index in [1.807, 2.05) is 65.9 Å². The molecule has 1 aliphatic carbocycles. The number of amides is 10. The van der Waals surface area contributed by atoms with Crippen LogP contribution in [0.2, 0.25) is 0 Å². The van der Waals surface area contributed by atoms with Crippen molar-refractivity contribution in [2.24, 2.45) is 11.1 Å². The number of likely N-dealkylation sites (N-methyl/N-ethyl adjacent to an activating group) is 2. The summed E-state index contributed by atoms with van der Waals surface area (Å²) in [6.07, 6.45) is 1.17. The largest absolute Gasteiger partial charge is 0.496 e. The molecule has 4 aromatic carbocycles. The van der Waals surface area contributed by atoms with Gasteiger partial charge in [-0.1, -0.05) is 120 Å². The number of methoxy groups -OCH3 is 1. The molecule has 5 aromatic rings. The van der Waals surface area contributed by atoms with E-state index in [1.165, 1.54) is 5.56 Å². The predicted octanol–water partition coefficient (Wildman–Crippen LogP) is -0.222. The van der Waals surface area contributed by atoms with Gasteiger partial charge in [0.25, 0.3) is 5.91 Å². The van der Waals surface area contributed by atoms with Gasteiger partial charge < -0.3 is 109 Å². The lowest BCUT2D eigenvalue weighted by atomic mass is 9.47. The van der Waals surface area contributed by atoms with E-state index in [9.17, 15) is 97.8 Å². The maximum atomic E-state index is 14.9. The molecule has 10 amide bonds. The first kappa shape index (κ1) is 91.1. The minimum atomic E-state index is -2.57. The maximum Gasteiger partial charge on any atom is 0.426 e.